The molecule has 1 atom stereocenters. The molecule has 1 aromatic carbocycles. The highest BCUT2D eigenvalue weighted by molar-refractivity contribution is 7.16. The van der Waals surface area contributed by atoms with Gasteiger partial charge in [0.25, 0.3) is 0 Å². The maximum absolute atomic E-state index is 11.1. The van der Waals surface area contributed by atoms with E-state index >= 15 is 0 Å². The third kappa shape index (κ3) is 1.99. The molecule has 0 bridgehead atoms. The van der Waals surface area contributed by atoms with Gasteiger partial charge in [-0.2, -0.15) is 0 Å². The Bertz CT molecular complexity index is 581. The number of benzene rings is 1. The molecular formula is C11H10O4S. The van der Waals surface area contributed by atoms with E-state index < -0.39 is 5.97 Å². The fraction of sp³-hybridized carbons (Fsp3) is 0.273. The molecule has 2 rings (SSSR count). The van der Waals surface area contributed by atoms with Crippen molar-refractivity contribution in [2.24, 2.45) is 0 Å². The number of carboxylic acid groups (broad SMARTS) is 1. The Morgan fingerprint density at radius 1 is 1.56 bits per heavy atom. The Kier molecular flexibility index (Phi) is 2.78. The highest BCUT2D eigenvalue weighted by atomic mass is 32.1. The average Bonchev–Trinajstić information content (AvgIpc) is 2.55. The third-order valence-corrected chi connectivity index (χ3v) is 3.19. The molecule has 0 amide bonds. The second-order valence-electron chi connectivity index (χ2n) is 3.63. The fourth-order valence-corrected chi connectivity index (χ4v) is 2.38. The first-order valence-electron chi connectivity index (χ1n) is 4.82. The van der Waals surface area contributed by atoms with Gasteiger partial charge in [0.2, 0.25) is 0 Å². The molecule has 0 fully saturated rings. The molecule has 0 radical (unpaired) electrons. The van der Waals surface area contributed by atoms with E-state index in [9.17, 15) is 9.59 Å². The summed E-state index contributed by atoms with van der Waals surface area (Å²) in [6, 6.07) is 5.40. The van der Waals surface area contributed by atoms with Gasteiger partial charge in [0, 0.05) is 0 Å². The van der Waals surface area contributed by atoms with Crippen LogP contribution in [0.3, 0.4) is 0 Å². The van der Waals surface area contributed by atoms with Crippen molar-refractivity contribution in [1.29, 1.82) is 0 Å². The van der Waals surface area contributed by atoms with Crippen molar-refractivity contribution in [3.05, 3.63) is 33.5 Å². The van der Waals surface area contributed by atoms with Crippen LogP contribution in [0.2, 0.25) is 0 Å². The number of carbonyl (C=O) groups is 1. The number of hydrogen-bond acceptors (Lipinski definition) is 4. The minimum absolute atomic E-state index is 0.0265. The monoisotopic (exact) mass is 238 g/mol. The summed E-state index contributed by atoms with van der Waals surface area (Å²) in [5.74, 6) is -1.03. The Labute approximate surface area is 95.1 Å². The predicted octanol–water partition coefficient (Wildman–Crippen LogP) is 2.43. The first kappa shape index (κ1) is 10.9. The second-order valence-corrected chi connectivity index (χ2v) is 4.60. The zero-order valence-electron chi connectivity index (χ0n) is 8.60. The van der Waals surface area contributed by atoms with Crippen molar-refractivity contribution in [2.75, 3.05) is 0 Å². The van der Waals surface area contributed by atoms with E-state index in [2.05, 4.69) is 0 Å². The van der Waals surface area contributed by atoms with Gasteiger partial charge in [-0.1, -0.05) is 30.4 Å². The molecule has 0 aliphatic carbocycles. The lowest BCUT2D eigenvalue weighted by molar-refractivity contribution is -0.137. The molecule has 0 saturated heterocycles. The molecule has 5 heteroatoms. The van der Waals surface area contributed by atoms with E-state index in [1.54, 1.807) is 19.1 Å². The van der Waals surface area contributed by atoms with Crippen LogP contribution in [-0.4, -0.2) is 11.1 Å². The Morgan fingerprint density at radius 3 is 3.00 bits per heavy atom. The average molecular weight is 238 g/mol. The molecule has 0 spiro atoms. The smallest absolute Gasteiger partial charge is 0.396 e. The lowest BCUT2D eigenvalue weighted by Gasteiger charge is -2.08. The molecule has 1 unspecified atom stereocenters. The van der Waals surface area contributed by atoms with Crippen LogP contribution in [0.1, 0.15) is 24.8 Å². The first-order chi connectivity index (χ1) is 7.58. The maximum atomic E-state index is 11.1. The normalized spacial score (nSPS) is 12.8. The number of para-hydroxylation sites is 1. The molecule has 0 aliphatic rings. The Balaban J connectivity index is 2.51. The predicted molar refractivity (Wildman–Crippen MR) is 61.0 cm³/mol. The largest absolute Gasteiger partial charge is 0.481 e. The summed E-state index contributed by atoms with van der Waals surface area (Å²) < 4.78 is 5.84. The van der Waals surface area contributed by atoms with Crippen LogP contribution in [0.25, 0.3) is 10.3 Å². The summed E-state index contributed by atoms with van der Waals surface area (Å²) in [6.45, 7) is 1.81. The van der Waals surface area contributed by atoms with Gasteiger partial charge in [-0.25, -0.2) is 4.79 Å². The summed E-state index contributed by atoms with van der Waals surface area (Å²) in [5, 5.41) is 8.73. The van der Waals surface area contributed by atoms with Crippen molar-refractivity contribution < 1.29 is 14.3 Å². The van der Waals surface area contributed by atoms with Crippen LogP contribution in [0.5, 0.6) is 0 Å². The highest BCUT2D eigenvalue weighted by Crippen LogP contribution is 2.28. The van der Waals surface area contributed by atoms with Crippen LogP contribution in [0, 0.1) is 0 Å². The second kappa shape index (κ2) is 4.09. The molecular weight excluding hydrogens is 228 g/mol. The van der Waals surface area contributed by atoms with Gasteiger partial charge >= 0.3 is 10.9 Å². The van der Waals surface area contributed by atoms with E-state index in [1.165, 1.54) is 0 Å². The number of fused-ring (bicyclic) bond motifs is 1. The summed E-state index contributed by atoms with van der Waals surface area (Å²) in [4.78, 5) is 21.4. The summed E-state index contributed by atoms with van der Waals surface area (Å²) >= 11 is 1.03. The van der Waals surface area contributed by atoms with Crippen LogP contribution in [-0.2, 0) is 4.79 Å². The summed E-state index contributed by atoms with van der Waals surface area (Å²) in [6.07, 6.45) is 0.0265. The van der Waals surface area contributed by atoms with Crippen LogP contribution in [0.4, 0.5) is 0 Å². The summed E-state index contributed by atoms with van der Waals surface area (Å²) in [5.41, 5.74) is 1.30. The molecule has 16 heavy (non-hydrogen) atoms. The molecule has 0 saturated carbocycles. The topological polar surface area (TPSA) is 67.5 Å². The lowest BCUT2D eigenvalue weighted by atomic mass is 9.97. The van der Waals surface area contributed by atoms with Gasteiger partial charge in [0.15, 0.2) is 5.58 Å². The van der Waals surface area contributed by atoms with Crippen molar-refractivity contribution in [1.82, 2.24) is 0 Å². The van der Waals surface area contributed by atoms with Gasteiger partial charge in [-0.05, 0) is 17.5 Å². The van der Waals surface area contributed by atoms with Crippen LogP contribution < -0.4 is 4.94 Å². The quantitative estimate of drug-likeness (QED) is 0.891. The molecule has 4 nitrogen and oxygen atoms in total. The SMILES string of the molecule is CC(CC(=O)O)c1cccc2sc(=O)oc12. The van der Waals surface area contributed by atoms with Crippen molar-refractivity contribution in [3.63, 3.8) is 0 Å². The molecule has 1 N–H and O–H groups in total. The lowest BCUT2D eigenvalue weighted by Crippen LogP contribution is -2.03. The molecule has 84 valence electrons. The first-order valence-corrected chi connectivity index (χ1v) is 5.64. The van der Waals surface area contributed by atoms with Gasteiger partial charge in [0.1, 0.15) is 0 Å². The van der Waals surface area contributed by atoms with Crippen molar-refractivity contribution in [3.8, 4) is 0 Å². The Morgan fingerprint density at radius 2 is 2.31 bits per heavy atom. The summed E-state index contributed by atoms with van der Waals surface area (Å²) in [7, 11) is 0. The van der Waals surface area contributed by atoms with Crippen LogP contribution in [0.15, 0.2) is 27.4 Å². The van der Waals surface area contributed by atoms with Gasteiger partial charge in [-0.3, -0.25) is 4.79 Å². The van der Waals surface area contributed by atoms with Crippen molar-refractivity contribution >= 4 is 27.6 Å². The van der Waals surface area contributed by atoms with E-state index in [1.807, 2.05) is 6.07 Å². The number of aliphatic carboxylic acids is 1. The number of carboxylic acids is 1. The Hall–Kier alpha value is -1.62. The van der Waals surface area contributed by atoms with Gasteiger partial charge < -0.3 is 9.52 Å². The van der Waals surface area contributed by atoms with Crippen LogP contribution >= 0.6 is 11.3 Å². The minimum Gasteiger partial charge on any atom is -0.481 e. The molecule has 1 aromatic heterocycles. The minimum atomic E-state index is -0.859. The highest BCUT2D eigenvalue weighted by Gasteiger charge is 2.15. The maximum Gasteiger partial charge on any atom is 0.396 e. The number of rotatable bonds is 3. The van der Waals surface area contributed by atoms with Gasteiger partial charge in [-0.15, -0.1) is 0 Å². The van der Waals surface area contributed by atoms with Crippen molar-refractivity contribution in [2.45, 2.75) is 19.3 Å². The van der Waals surface area contributed by atoms with E-state index in [0.29, 0.717) is 5.58 Å². The zero-order valence-corrected chi connectivity index (χ0v) is 9.41. The standard InChI is InChI=1S/C11H10O4S/c1-6(5-9(12)13)7-3-2-4-8-10(7)15-11(14)16-8/h2-4,6H,5H2,1H3,(H,12,13). The third-order valence-electron chi connectivity index (χ3n) is 2.40. The van der Waals surface area contributed by atoms with E-state index in [0.717, 1.165) is 21.6 Å². The molecule has 0 aliphatic heterocycles. The number of hydrogen-bond donors (Lipinski definition) is 1. The van der Waals surface area contributed by atoms with Gasteiger partial charge in [0.05, 0.1) is 11.1 Å². The fourth-order valence-electron chi connectivity index (χ4n) is 1.68. The molecule has 2 aromatic rings. The van der Waals surface area contributed by atoms with E-state index in [-0.39, 0.29) is 17.3 Å². The van der Waals surface area contributed by atoms with E-state index in [4.69, 9.17) is 9.52 Å². The molecule has 1 heterocycles. The zero-order chi connectivity index (χ0) is 11.7.